The Kier molecular flexibility index (Phi) is 12.1. The van der Waals surface area contributed by atoms with Gasteiger partial charge < -0.3 is 29.3 Å². The maximum absolute atomic E-state index is 13.4. The Balaban J connectivity index is 0.00000280. The first kappa shape index (κ1) is 42.9. The second-order valence-corrected chi connectivity index (χ2v) is 18.0. The zero-order chi connectivity index (χ0) is 37.4. The van der Waals surface area contributed by atoms with Crippen molar-refractivity contribution in [3.63, 3.8) is 0 Å². The first-order valence-corrected chi connectivity index (χ1v) is 18.9. The SMILES string of the molecule is CC1(OC(=O)c2ccccc2C(=O)[O-])CCC2(C)CCC3C(=C2C1)C=CC1[C@@]3(C)CCC2C(C)(C)[C@@H](OC(=O)c3ccccc3C(=O)[O-])CC[C@@]21C.[Na+].[Na+]. The van der Waals surface area contributed by atoms with Crippen LogP contribution < -0.4 is 69.3 Å². The Bertz CT molecular complexity index is 1920. The zero-order valence-electron chi connectivity index (χ0n) is 33.2. The molecule has 7 rings (SSSR count). The van der Waals surface area contributed by atoms with Gasteiger partial charge in [0.15, 0.2) is 0 Å². The van der Waals surface area contributed by atoms with Crippen molar-refractivity contribution >= 4 is 23.9 Å². The first-order chi connectivity index (χ1) is 24.4. The number of carbonyl (C=O) groups excluding carboxylic acids is 4. The van der Waals surface area contributed by atoms with E-state index in [2.05, 4.69) is 46.8 Å². The molecule has 0 radical (unpaired) electrons. The van der Waals surface area contributed by atoms with E-state index in [0.29, 0.717) is 31.1 Å². The van der Waals surface area contributed by atoms with E-state index in [1.807, 2.05) is 6.92 Å². The van der Waals surface area contributed by atoms with Gasteiger partial charge in [-0.1, -0.05) is 88.7 Å². The molecule has 8 atom stereocenters. The number of aromatic carboxylic acids is 2. The molecule has 2 aromatic rings. The van der Waals surface area contributed by atoms with E-state index in [0.717, 1.165) is 38.5 Å². The summed E-state index contributed by atoms with van der Waals surface area (Å²) in [5, 5.41) is 23.5. The molecule has 5 aliphatic rings. The minimum Gasteiger partial charge on any atom is -0.545 e. The zero-order valence-corrected chi connectivity index (χ0v) is 37.2. The van der Waals surface area contributed by atoms with Gasteiger partial charge >= 0.3 is 71.1 Å². The molecule has 0 saturated heterocycles. The van der Waals surface area contributed by atoms with Crippen LogP contribution in [0.15, 0.2) is 71.8 Å². The summed E-state index contributed by atoms with van der Waals surface area (Å²) in [4.78, 5) is 50.3. The van der Waals surface area contributed by atoms with E-state index < -0.39 is 29.5 Å². The van der Waals surface area contributed by atoms with Gasteiger partial charge in [0.2, 0.25) is 0 Å². The van der Waals surface area contributed by atoms with Crippen LogP contribution in [0.1, 0.15) is 141 Å². The predicted molar refractivity (Wildman–Crippen MR) is 191 cm³/mol. The van der Waals surface area contributed by atoms with E-state index in [9.17, 15) is 29.4 Å². The summed E-state index contributed by atoms with van der Waals surface area (Å²) in [7, 11) is 0. The number of hydrogen-bond donors (Lipinski definition) is 0. The van der Waals surface area contributed by atoms with Gasteiger partial charge in [0.05, 0.1) is 23.1 Å². The maximum atomic E-state index is 13.4. The largest absolute Gasteiger partial charge is 1.00 e. The molecule has 3 fully saturated rings. The quantitative estimate of drug-likeness (QED) is 0.314. The molecule has 0 amide bonds. The molecular formula is C44H50Na2O8. The Morgan fingerprint density at radius 1 is 0.667 bits per heavy atom. The van der Waals surface area contributed by atoms with E-state index >= 15 is 0 Å². The topological polar surface area (TPSA) is 133 Å². The molecule has 0 aromatic heterocycles. The van der Waals surface area contributed by atoms with Crippen molar-refractivity contribution in [1.82, 2.24) is 0 Å². The minimum absolute atomic E-state index is 0. The van der Waals surface area contributed by atoms with Crippen molar-refractivity contribution in [3.8, 4) is 0 Å². The van der Waals surface area contributed by atoms with Gasteiger partial charge in [0.1, 0.15) is 11.7 Å². The van der Waals surface area contributed by atoms with Gasteiger partial charge in [-0.3, -0.25) is 0 Å². The smallest absolute Gasteiger partial charge is 0.545 e. The standard InChI is InChI=1S/C44H52O8.2Na/c1-40(2)33-18-21-43(5)31-17-20-41(3)23-24-42(4,52-39(50)29-14-10-8-12-27(29)37(47)48)25-32(41)30(31)15-16-34(43)44(33,6)22-19-35(40)51-38(49)28-13-9-7-11-26(28)36(45)46;;/h7-16,31,33-35H,17-25H2,1-6H3,(H,45,46)(H,47,48);;/q;2*+1/p-2/t31?,33?,34?,35-,41?,42?,43-,44-;;/m0../s1. The second kappa shape index (κ2) is 15.3. The van der Waals surface area contributed by atoms with Gasteiger partial charge in [-0.25, -0.2) is 9.59 Å². The van der Waals surface area contributed by atoms with Crippen LogP contribution in [-0.4, -0.2) is 35.6 Å². The second-order valence-electron chi connectivity index (χ2n) is 18.0. The van der Waals surface area contributed by atoms with Gasteiger partial charge in [-0.05, 0) is 110 Å². The van der Waals surface area contributed by atoms with Crippen molar-refractivity contribution < 1.29 is 98.0 Å². The van der Waals surface area contributed by atoms with Gasteiger partial charge in [-0.15, -0.1) is 0 Å². The molecule has 0 bridgehead atoms. The van der Waals surface area contributed by atoms with Crippen molar-refractivity contribution in [1.29, 1.82) is 0 Å². The van der Waals surface area contributed by atoms with Crippen molar-refractivity contribution in [2.45, 2.75) is 111 Å². The molecule has 276 valence electrons. The molecule has 3 saturated carbocycles. The average molecular weight is 753 g/mol. The van der Waals surface area contributed by atoms with E-state index in [1.165, 1.54) is 35.4 Å². The number of carboxylic acid groups (broad SMARTS) is 2. The summed E-state index contributed by atoms with van der Waals surface area (Å²) in [5.41, 5.74) is 1.39. The number of carbonyl (C=O) groups is 4. The number of hydrogen-bond acceptors (Lipinski definition) is 8. The molecule has 0 spiro atoms. The van der Waals surface area contributed by atoms with E-state index in [1.54, 1.807) is 24.3 Å². The number of ether oxygens (including phenoxy) is 2. The molecular weight excluding hydrogens is 702 g/mol. The average Bonchev–Trinajstić information content (AvgIpc) is 3.09. The third-order valence-corrected chi connectivity index (χ3v) is 14.6. The van der Waals surface area contributed by atoms with Crippen LogP contribution >= 0.6 is 0 Å². The number of fused-ring (bicyclic) bond motifs is 6. The van der Waals surface area contributed by atoms with Crippen LogP contribution in [0.4, 0.5) is 0 Å². The molecule has 5 unspecified atom stereocenters. The van der Waals surface area contributed by atoms with Gasteiger partial charge in [-0.2, -0.15) is 0 Å². The van der Waals surface area contributed by atoms with Crippen molar-refractivity contribution in [3.05, 3.63) is 94.1 Å². The van der Waals surface area contributed by atoms with Crippen LogP contribution in [0.2, 0.25) is 0 Å². The Hall–Kier alpha value is -2.20. The van der Waals surface area contributed by atoms with Crippen LogP contribution in [0.3, 0.4) is 0 Å². The minimum atomic E-state index is -1.40. The van der Waals surface area contributed by atoms with Gasteiger partial charge in [0.25, 0.3) is 0 Å². The Labute approximate surface area is 363 Å². The summed E-state index contributed by atoms with van der Waals surface area (Å²) in [5.74, 6) is -3.07. The normalized spacial score (nSPS) is 34.6. The summed E-state index contributed by atoms with van der Waals surface area (Å²) in [6.07, 6.45) is 12.5. The maximum Gasteiger partial charge on any atom is 1.00 e. The fourth-order valence-electron chi connectivity index (χ4n) is 11.8. The Morgan fingerprint density at radius 2 is 1.22 bits per heavy atom. The number of carboxylic acids is 2. The summed E-state index contributed by atoms with van der Waals surface area (Å²) in [6, 6.07) is 12.2. The molecule has 54 heavy (non-hydrogen) atoms. The molecule has 2 aromatic carbocycles. The van der Waals surface area contributed by atoms with Gasteiger partial charge in [0, 0.05) is 23.0 Å². The molecule has 8 nitrogen and oxygen atoms in total. The Morgan fingerprint density at radius 3 is 1.81 bits per heavy atom. The molecule has 5 aliphatic carbocycles. The predicted octanol–water partition coefficient (Wildman–Crippen LogP) is 0.888. The fraction of sp³-hybridized carbons (Fsp3) is 0.545. The first-order valence-electron chi connectivity index (χ1n) is 18.9. The third kappa shape index (κ3) is 7.04. The number of rotatable bonds is 6. The third-order valence-electron chi connectivity index (χ3n) is 14.6. The van der Waals surface area contributed by atoms with E-state index in [-0.39, 0.29) is 115 Å². The fourth-order valence-corrected chi connectivity index (χ4v) is 11.8. The number of esters is 2. The monoisotopic (exact) mass is 752 g/mol. The van der Waals surface area contributed by atoms with Crippen LogP contribution in [-0.2, 0) is 9.47 Å². The van der Waals surface area contributed by atoms with Crippen LogP contribution in [0.5, 0.6) is 0 Å². The summed E-state index contributed by atoms with van der Waals surface area (Å²) < 4.78 is 12.4. The van der Waals surface area contributed by atoms with Crippen LogP contribution in [0.25, 0.3) is 0 Å². The van der Waals surface area contributed by atoms with Crippen molar-refractivity contribution in [2.24, 2.45) is 39.4 Å². The molecule has 0 aliphatic heterocycles. The van der Waals surface area contributed by atoms with E-state index in [4.69, 9.17) is 9.47 Å². The molecule has 0 N–H and O–H groups in total. The summed E-state index contributed by atoms with van der Waals surface area (Å²) >= 11 is 0. The van der Waals surface area contributed by atoms with Crippen molar-refractivity contribution in [2.75, 3.05) is 0 Å². The summed E-state index contributed by atoms with van der Waals surface area (Å²) in [6.45, 7) is 13.7. The molecule has 0 heterocycles. The number of allylic oxidation sites excluding steroid dienone is 3. The number of benzene rings is 2. The van der Waals surface area contributed by atoms with Crippen LogP contribution in [0, 0.1) is 39.4 Å². The molecule has 10 heteroatoms.